The number of fused-ring (bicyclic) bond motifs is 2. The van der Waals surface area contributed by atoms with Gasteiger partial charge in [-0.1, -0.05) is 6.07 Å². The number of aromatic nitrogens is 2. The molecule has 0 radical (unpaired) electrons. The van der Waals surface area contributed by atoms with E-state index in [9.17, 15) is 4.79 Å². The van der Waals surface area contributed by atoms with Crippen molar-refractivity contribution in [2.45, 2.75) is 39.8 Å². The molecule has 4 rings (SSSR count). The molecule has 146 valence electrons. The molecule has 1 atom stereocenters. The number of imidazole rings is 1. The molecule has 6 heteroatoms. The van der Waals surface area contributed by atoms with Gasteiger partial charge < -0.3 is 19.4 Å². The van der Waals surface area contributed by atoms with Crippen molar-refractivity contribution in [1.82, 2.24) is 14.9 Å². The second kappa shape index (κ2) is 7.54. The van der Waals surface area contributed by atoms with E-state index in [1.165, 1.54) is 11.1 Å². The predicted molar refractivity (Wildman–Crippen MR) is 108 cm³/mol. The lowest BCUT2D eigenvalue weighted by atomic mass is 10.1. The van der Waals surface area contributed by atoms with Gasteiger partial charge in [-0.25, -0.2) is 4.98 Å². The number of rotatable bonds is 5. The molecular weight excluding hydrogens is 354 g/mol. The van der Waals surface area contributed by atoms with Gasteiger partial charge in [-0.05, 0) is 61.7 Å². The van der Waals surface area contributed by atoms with Crippen LogP contribution in [0.15, 0.2) is 36.7 Å². The Morgan fingerprint density at radius 3 is 2.71 bits per heavy atom. The van der Waals surface area contributed by atoms with Crippen LogP contribution in [0.4, 0.5) is 0 Å². The summed E-state index contributed by atoms with van der Waals surface area (Å²) in [6.07, 6.45) is 2.20. The maximum Gasteiger partial charge on any atom is 0.222 e. The highest BCUT2D eigenvalue weighted by molar-refractivity contribution is 5.79. The fourth-order valence-electron chi connectivity index (χ4n) is 3.44. The first kappa shape index (κ1) is 18.3. The molecule has 1 amide bonds. The number of amides is 1. The van der Waals surface area contributed by atoms with Crippen molar-refractivity contribution in [2.75, 3.05) is 13.2 Å². The number of benzene rings is 2. The number of hydrogen-bond acceptors (Lipinski definition) is 4. The summed E-state index contributed by atoms with van der Waals surface area (Å²) in [5.41, 5.74) is 5.48. The minimum atomic E-state index is -0.104. The molecule has 0 aliphatic carbocycles. The van der Waals surface area contributed by atoms with Crippen molar-refractivity contribution in [3.05, 3.63) is 53.3 Å². The lowest BCUT2D eigenvalue weighted by molar-refractivity contribution is -0.121. The first-order chi connectivity index (χ1) is 13.5. The third-order valence-electron chi connectivity index (χ3n) is 5.26. The fourth-order valence-corrected chi connectivity index (χ4v) is 3.44. The van der Waals surface area contributed by atoms with Crippen LogP contribution < -0.4 is 14.8 Å². The van der Waals surface area contributed by atoms with Crippen LogP contribution in [0.2, 0.25) is 0 Å². The quantitative estimate of drug-likeness (QED) is 0.734. The molecule has 0 saturated carbocycles. The third kappa shape index (κ3) is 3.67. The molecule has 1 aliphatic heterocycles. The molecular formula is C22H25N3O3. The molecule has 0 bridgehead atoms. The molecule has 0 fully saturated rings. The van der Waals surface area contributed by atoms with Gasteiger partial charge in [-0.15, -0.1) is 0 Å². The summed E-state index contributed by atoms with van der Waals surface area (Å²) in [6, 6.07) is 9.92. The van der Waals surface area contributed by atoms with Crippen molar-refractivity contribution < 1.29 is 14.3 Å². The molecule has 0 spiro atoms. The highest BCUT2D eigenvalue weighted by Gasteiger charge is 2.16. The Labute approximate surface area is 164 Å². The Morgan fingerprint density at radius 2 is 1.89 bits per heavy atom. The van der Waals surface area contributed by atoms with Crippen molar-refractivity contribution in [2.24, 2.45) is 0 Å². The second-order valence-corrected chi connectivity index (χ2v) is 7.31. The van der Waals surface area contributed by atoms with Crippen LogP contribution >= 0.6 is 0 Å². The zero-order chi connectivity index (χ0) is 19.7. The van der Waals surface area contributed by atoms with E-state index in [2.05, 4.69) is 36.3 Å². The van der Waals surface area contributed by atoms with Crippen LogP contribution in [-0.4, -0.2) is 28.7 Å². The summed E-state index contributed by atoms with van der Waals surface area (Å²) >= 11 is 0. The molecule has 1 aromatic heterocycles. The van der Waals surface area contributed by atoms with Gasteiger partial charge >= 0.3 is 0 Å². The summed E-state index contributed by atoms with van der Waals surface area (Å²) in [4.78, 5) is 16.9. The van der Waals surface area contributed by atoms with E-state index in [0.29, 0.717) is 26.2 Å². The van der Waals surface area contributed by atoms with E-state index in [4.69, 9.17) is 9.47 Å². The molecule has 0 saturated heterocycles. The fraction of sp³-hybridized carbons (Fsp3) is 0.364. The maximum absolute atomic E-state index is 12.5. The topological polar surface area (TPSA) is 65.4 Å². The average Bonchev–Trinajstić information content (AvgIpc) is 3.08. The molecule has 3 aromatic rings. The summed E-state index contributed by atoms with van der Waals surface area (Å²) in [5.74, 6) is 1.50. The van der Waals surface area contributed by atoms with Gasteiger partial charge in [0.2, 0.25) is 5.91 Å². The predicted octanol–water partition coefficient (Wildman–Crippen LogP) is 3.69. The van der Waals surface area contributed by atoms with Gasteiger partial charge in [0.25, 0.3) is 0 Å². The lowest BCUT2D eigenvalue weighted by Crippen LogP contribution is -2.27. The van der Waals surface area contributed by atoms with Gasteiger partial charge in [0.1, 0.15) is 13.2 Å². The zero-order valence-corrected chi connectivity index (χ0v) is 16.5. The van der Waals surface area contributed by atoms with E-state index in [0.717, 1.165) is 28.1 Å². The average molecular weight is 379 g/mol. The Hall–Kier alpha value is -3.02. The molecule has 2 aromatic carbocycles. The van der Waals surface area contributed by atoms with Crippen LogP contribution in [0.25, 0.3) is 11.0 Å². The standard InChI is InChI=1S/C22H25N3O3/c1-14-10-18-19(11-15(14)2)25(13-23-18)7-6-22(26)24-16(3)17-4-5-20-21(12-17)28-9-8-27-20/h4-5,10-13,16H,6-9H2,1-3H3,(H,24,26). The first-order valence-electron chi connectivity index (χ1n) is 9.62. The maximum atomic E-state index is 12.5. The van der Waals surface area contributed by atoms with Crippen LogP contribution in [0, 0.1) is 13.8 Å². The summed E-state index contributed by atoms with van der Waals surface area (Å²) in [5, 5.41) is 3.06. The Morgan fingerprint density at radius 1 is 1.14 bits per heavy atom. The van der Waals surface area contributed by atoms with E-state index >= 15 is 0 Å². The molecule has 28 heavy (non-hydrogen) atoms. The zero-order valence-electron chi connectivity index (χ0n) is 16.5. The Kier molecular flexibility index (Phi) is 4.94. The number of nitrogens with one attached hydrogen (secondary N) is 1. The van der Waals surface area contributed by atoms with Crippen molar-refractivity contribution in [1.29, 1.82) is 0 Å². The van der Waals surface area contributed by atoms with Crippen molar-refractivity contribution in [3.63, 3.8) is 0 Å². The number of nitrogens with zero attached hydrogens (tertiary/aromatic N) is 2. The van der Waals surface area contributed by atoms with E-state index in [1.54, 1.807) is 6.33 Å². The number of carbonyl (C=O) groups excluding carboxylic acids is 1. The lowest BCUT2D eigenvalue weighted by Gasteiger charge is -2.21. The van der Waals surface area contributed by atoms with Crippen molar-refractivity contribution in [3.8, 4) is 11.5 Å². The SMILES string of the molecule is Cc1cc2ncn(CCC(=O)NC(C)c3ccc4c(c3)OCCO4)c2cc1C. The van der Waals surface area contributed by atoms with Gasteiger partial charge in [0.15, 0.2) is 11.5 Å². The van der Waals surface area contributed by atoms with Gasteiger partial charge in [0, 0.05) is 13.0 Å². The first-order valence-corrected chi connectivity index (χ1v) is 9.62. The number of ether oxygens (including phenoxy) is 2. The Balaban J connectivity index is 1.39. The largest absolute Gasteiger partial charge is 0.486 e. The molecule has 1 aliphatic rings. The van der Waals surface area contributed by atoms with E-state index in [-0.39, 0.29) is 11.9 Å². The molecule has 1 N–H and O–H groups in total. The van der Waals surface area contributed by atoms with Gasteiger partial charge in [0.05, 0.1) is 23.4 Å². The molecule has 2 heterocycles. The van der Waals surface area contributed by atoms with Crippen LogP contribution in [-0.2, 0) is 11.3 Å². The van der Waals surface area contributed by atoms with E-state index < -0.39 is 0 Å². The van der Waals surface area contributed by atoms with Crippen molar-refractivity contribution >= 4 is 16.9 Å². The summed E-state index contributed by atoms with van der Waals surface area (Å²) in [6.45, 7) is 7.87. The number of carbonyl (C=O) groups is 1. The second-order valence-electron chi connectivity index (χ2n) is 7.31. The third-order valence-corrected chi connectivity index (χ3v) is 5.26. The highest BCUT2D eigenvalue weighted by atomic mass is 16.6. The number of aryl methyl sites for hydroxylation is 3. The monoisotopic (exact) mass is 379 g/mol. The van der Waals surface area contributed by atoms with Crippen LogP contribution in [0.1, 0.15) is 36.1 Å². The van der Waals surface area contributed by atoms with Crippen LogP contribution in [0.5, 0.6) is 11.5 Å². The minimum Gasteiger partial charge on any atom is -0.486 e. The minimum absolute atomic E-state index is 0.00747. The summed E-state index contributed by atoms with van der Waals surface area (Å²) in [7, 11) is 0. The van der Waals surface area contributed by atoms with Gasteiger partial charge in [-0.3, -0.25) is 4.79 Å². The van der Waals surface area contributed by atoms with E-state index in [1.807, 2.05) is 29.7 Å². The van der Waals surface area contributed by atoms with Crippen LogP contribution in [0.3, 0.4) is 0 Å². The summed E-state index contributed by atoms with van der Waals surface area (Å²) < 4.78 is 13.2. The normalized spacial score (nSPS) is 14.1. The number of hydrogen-bond donors (Lipinski definition) is 1. The Bertz CT molecular complexity index is 1030. The molecule has 1 unspecified atom stereocenters. The molecule has 6 nitrogen and oxygen atoms in total. The van der Waals surface area contributed by atoms with Gasteiger partial charge in [-0.2, -0.15) is 0 Å². The smallest absolute Gasteiger partial charge is 0.222 e. The highest BCUT2D eigenvalue weighted by Crippen LogP contribution is 2.32.